The number of pyridine rings is 1. The molecule has 26 heavy (non-hydrogen) atoms. The van der Waals surface area contributed by atoms with Gasteiger partial charge in [0.15, 0.2) is 0 Å². The molecule has 8 heteroatoms. The molecule has 0 unspecified atom stereocenters. The van der Waals surface area contributed by atoms with Crippen molar-refractivity contribution in [2.45, 2.75) is 24.2 Å². The highest BCUT2D eigenvalue weighted by Crippen LogP contribution is 2.25. The molecule has 0 bridgehead atoms. The van der Waals surface area contributed by atoms with Gasteiger partial charge in [-0.05, 0) is 38.1 Å². The summed E-state index contributed by atoms with van der Waals surface area (Å²) in [5.41, 5.74) is 0. The topological polar surface area (TPSA) is 90.8 Å². The molecule has 0 aliphatic carbocycles. The maximum absolute atomic E-state index is 13.2. The van der Waals surface area contributed by atoms with Gasteiger partial charge in [0.2, 0.25) is 10.0 Å². The maximum atomic E-state index is 13.2. The number of carbonyl (C=O) groups is 1. The van der Waals surface area contributed by atoms with Crippen LogP contribution in [0.2, 0.25) is 0 Å². The lowest BCUT2D eigenvalue weighted by atomic mass is 10.2. The Balaban J connectivity index is 1.74. The first-order chi connectivity index (χ1) is 12.5. The van der Waals surface area contributed by atoms with Crippen molar-refractivity contribution in [2.24, 2.45) is 0 Å². The summed E-state index contributed by atoms with van der Waals surface area (Å²) in [6, 6.07) is 6.98. The minimum Gasteiger partial charge on any atom is -0.481 e. The first kappa shape index (κ1) is 18.8. The van der Waals surface area contributed by atoms with Crippen molar-refractivity contribution in [3.8, 4) is 0 Å². The molecule has 1 aliphatic heterocycles. The summed E-state index contributed by atoms with van der Waals surface area (Å²) in [6.07, 6.45) is 4.73. The highest BCUT2D eigenvalue weighted by molar-refractivity contribution is 7.89. The van der Waals surface area contributed by atoms with Crippen molar-refractivity contribution < 1.29 is 18.3 Å². The summed E-state index contributed by atoms with van der Waals surface area (Å²) >= 11 is 0. The van der Waals surface area contributed by atoms with Crippen LogP contribution in [-0.4, -0.2) is 66.4 Å². The molecule has 3 rings (SSSR count). The number of benzene rings is 1. The molecule has 1 saturated heterocycles. The Morgan fingerprint density at radius 3 is 2.81 bits per heavy atom. The summed E-state index contributed by atoms with van der Waals surface area (Å²) in [5.74, 6) is -0.797. The molecular weight excluding hydrogens is 354 g/mol. The molecule has 0 radical (unpaired) electrons. The summed E-state index contributed by atoms with van der Waals surface area (Å²) in [4.78, 5) is 17.2. The molecule has 0 atom stereocenters. The van der Waals surface area contributed by atoms with Gasteiger partial charge in [0.25, 0.3) is 0 Å². The van der Waals surface area contributed by atoms with E-state index in [1.165, 1.54) is 0 Å². The second-order valence-corrected chi connectivity index (χ2v) is 8.36. The second kappa shape index (κ2) is 8.11. The van der Waals surface area contributed by atoms with Gasteiger partial charge in [-0.2, -0.15) is 4.31 Å². The molecule has 1 aromatic heterocycles. The molecule has 140 valence electrons. The van der Waals surface area contributed by atoms with E-state index < -0.39 is 16.0 Å². The maximum Gasteiger partial charge on any atom is 0.303 e. The lowest BCUT2D eigenvalue weighted by Crippen LogP contribution is -2.35. The van der Waals surface area contributed by atoms with Crippen molar-refractivity contribution >= 4 is 26.8 Å². The van der Waals surface area contributed by atoms with Crippen LogP contribution in [0.4, 0.5) is 0 Å². The molecule has 7 nitrogen and oxygen atoms in total. The van der Waals surface area contributed by atoms with Crippen molar-refractivity contribution in [3.63, 3.8) is 0 Å². The predicted octanol–water partition coefficient (Wildman–Crippen LogP) is 1.80. The third-order valence-corrected chi connectivity index (χ3v) is 6.63. The van der Waals surface area contributed by atoms with E-state index in [0.29, 0.717) is 42.9 Å². The van der Waals surface area contributed by atoms with Gasteiger partial charge in [-0.1, -0.05) is 12.1 Å². The van der Waals surface area contributed by atoms with Crippen molar-refractivity contribution in [1.82, 2.24) is 14.2 Å². The van der Waals surface area contributed by atoms with E-state index in [1.807, 2.05) is 6.07 Å². The first-order valence-corrected chi connectivity index (χ1v) is 10.2. The van der Waals surface area contributed by atoms with Crippen LogP contribution in [-0.2, 0) is 14.8 Å². The van der Waals surface area contributed by atoms with Crippen LogP contribution >= 0.6 is 0 Å². The van der Waals surface area contributed by atoms with Crippen molar-refractivity contribution in [1.29, 1.82) is 0 Å². The van der Waals surface area contributed by atoms with Crippen LogP contribution in [0.5, 0.6) is 0 Å². The number of carboxylic acid groups (broad SMARTS) is 1. The average Bonchev–Trinajstić information content (AvgIpc) is 2.87. The van der Waals surface area contributed by atoms with E-state index >= 15 is 0 Å². The number of hydrogen-bond acceptors (Lipinski definition) is 5. The highest BCUT2D eigenvalue weighted by Gasteiger charge is 2.28. The number of aliphatic carboxylic acids is 1. The van der Waals surface area contributed by atoms with Gasteiger partial charge < -0.3 is 10.0 Å². The monoisotopic (exact) mass is 377 g/mol. The molecular formula is C18H23N3O4S. The standard InChI is InChI=1S/C18H23N3O4S/c22-18(23)6-2-9-20-10-3-11-21(13-12-20)26(24,25)17-5-1-4-15-14-19-8-7-16(15)17/h1,4-5,7-8,14H,2-3,6,9-13H2,(H,22,23). The fraction of sp³-hybridized carbons (Fsp3) is 0.444. The Morgan fingerprint density at radius 2 is 2.00 bits per heavy atom. The van der Waals surface area contributed by atoms with E-state index in [4.69, 9.17) is 5.11 Å². The normalized spacial score (nSPS) is 17.2. The Bertz CT molecular complexity index is 880. The Kier molecular flexibility index (Phi) is 5.85. The minimum absolute atomic E-state index is 0.141. The number of rotatable bonds is 6. The zero-order chi connectivity index (χ0) is 18.6. The Morgan fingerprint density at radius 1 is 1.15 bits per heavy atom. The van der Waals surface area contributed by atoms with E-state index in [9.17, 15) is 13.2 Å². The number of fused-ring (bicyclic) bond motifs is 1. The van der Waals surface area contributed by atoms with Gasteiger partial charge in [-0.15, -0.1) is 0 Å². The number of aromatic nitrogens is 1. The third kappa shape index (κ3) is 4.20. The molecule has 0 amide bonds. The van der Waals surface area contributed by atoms with Crippen LogP contribution in [0.15, 0.2) is 41.6 Å². The lowest BCUT2D eigenvalue weighted by molar-refractivity contribution is -0.137. The zero-order valence-corrected chi connectivity index (χ0v) is 15.4. The average molecular weight is 377 g/mol. The minimum atomic E-state index is -3.58. The first-order valence-electron chi connectivity index (χ1n) is 8.75. The fourth-order valence-corrected chi connectivity index (χ4v) is 5.01. The highest BCUT2D eigenvalue weighted by atomic mass is 32.2. The number of nitrogens with zero attached hydrogens (tertiary/aromatic N) is 3. The Labute approximate surface area is 153 Å². The van der Waals surface area contributed by atoms with E-state index in [2.05, 4.69) is 9.88 Å². The van der Waals surface area contributed by atoms with Crippen molar-refractivity contribution in [3.05, 3.63) is 36.7 Å². The molecule has 0 spiro atoms. The Hall–Kier alpha value is -2.03. The van der Waals surface area contributed by atoms with Crippen LogP contribution in [0.25, 0.3) is 10.8 Å². The number of hydrogen-bond donors (Lipinski definition) is 1. The predicted molar refractivity (Wildman–Crippen MR) is 98.4 cm³/mol. The molecule has 1 aliphatic rings. The van der Waals surface area contributed by atoms with E-state index in [1.54, 1.807) is 34.9 Å². The lowest BCUT2D eigenvalue weighted by Gasteiger charge is -2.22. The molecule has 1 N–H and O–H groups in total. The number of sulfonamides is 1. The van der Waals surface area contributed by atoms with E-state index in [-0.39, 0.29) is 6.42 Å². The zero-order valence-electron chi connectivity index (χ0n) is 14.5. The fourth-order valence-electron chi connectivity index (χ4n) is 3.32. The van der Waals surface area contributed by atoms with Gasteiger partial charge in [0, 0.05) is 49.2 Å². The SMILES string of the molecule is O=C(O)CCCN1CCCN(S(=O)(=O)c2cccc3cnccc23)CC1. The van der Waals surface area contributed by atoms with Gasteiger partial charge in [-0.3, -0.25) is 9.78 Å². The smallest absolute Gasteiger partial charge is 0.303 e. The third-order valence-electron chi connectivity index (χ3n) is 4.67. The van der Waals surface area contributed by atoms with Gasteiger partial charge >= 0.3 is 5.97 Å². The molecule has 2 aromatic rings. The van der Waals surface area contributed by atoms with Crippen LogP contribution < -0.4 is 0 Å². The molecule has 0 saturated carbocycles. The van der Waals surface area contributed by atoms with Gasteiger partial charge in [0.1, 0.15) is 0 Å². The van der Waals surface area contributed by atoms with Crippen molar-refractivity contribution in [2.75, 3.05) is 32.7 Å². The summed E-state index contributed by atoms with van der Waals surface area (Å²) in [7, 11) is -3.58. The summed E-state index contributed by atoms with van der Waals surface area (Å²) < 4.78 is 27.9. The van der Waals surface area contributed by atoms with E-state index in [0.717, 1.165) is 18.4 Å². The summed E-state index contributed by atoms with van der Waals surface area (Å²) in [5, 5.41) is 10.2. The summed E-state index contributed by atoms with van der Waals surface area (Å²) in [6.45, 7) is 2.96. The van der Waals surface area contributed by atoms with Crippen LogP contribution in [0.3, 0.4) is 0 Å². The largest absolute Gasteiger partial charge is 0.481 e. The second-order valence-electron chi connectivity index (χ2n) is 6.45. The molecule has 2 heterocycles. The van der Waals surface area contributed by atoms with Crippen LogP contribution in [0, 0.1) is 0 Å². The van der Waals surface area contributed by atoms with Crippen LogP contribution in [0.1, 0.15) is 19.3 Å². The quantitative estimate of drug-likeness (QED) is 0.825. The molecule has 1 fully saturated rings. The van der Waals surface area contributed by atoms with Gasteiger partial charge in [-0.25, -0.2) is 8.42 Å². The number of carboxylic acids is 1. The molecule has 1 aromatic carbocycles. The van der Waals surface area contributed by atoms with Gasteiger partial charge in [0.05, 0.1) is 4.90 Å².